The summed E-state index contributed by atoms with van der Waals surface area (Å²) in [6, 6.07) is 1.96. The minimum absolute atomic E-state index is 0.226. The van der Waals surface area contributed by atoms with E-state index in [4.69, 9.17) is 5.73 Å². The lowest BCUT2D eigenvalue weighted by molar-refractivity contribution is 0.0824. The zero-order valence-corrected chi connectivity index (χ0v) is 13.7. The van der Waals surface area contributed by atoms with Crippen LogP contribution in [0.25, 0.3) is 0 Å². The van der Waals surface area contributed by atoms with Crippen LogP contribution >= 0.6 is 0 Å². The second-order valence-corrected chi connectivity index (χ2v) is 6.13. The smallest absolute Gasteiger partial charge is 0.137 e. The van der Waals surface area contributed by atoms with E-state index in [1.807, 2.05) is 30.8 Å². The van der Waals surface area contributed by atoms with Crippen LogP contribution < -0.4 is 10.6 Å². The highest BCUT2D eigenvalue weighted by Gasteiger charge is 2.29. The SMILES string of the molecule is Cc1nc(CN)cc(N2CCC(C(O)c3nccn3C)CC2)n1. The van der Waals surface area contributed by atoms with Crippen LogP contribution in [0.4, 0.5) is 5.82 Å². The Bertz CT molecular complexity index is 662. The van der Waals surface area contributed by atoms with Gasteiger partial charge in [0.25, 0.3) is 0 Å². The third-order valence-corrected chi connectivity index (χ3v) is 4.52. The van der Waals surface area contributed by atoms with Crippen LogP contribution in [-0.4, -0.2) is 37.7 Å². The lowest BCUT2D eigenvalue weighted by atomic mass is 9.90. The van der Waals surface area contributed by atoms with Gasteiger partial charge < -0.3 is 20.3 Å². The van der Waals surface area contributed by atoms with E-state index in [0.717, 1.165) is 49.1 Å². The third kappa shape index (κ3) is 3.35. The Morgan fingerprint density at radius 1 is 1.35 bits per heavy atom. The molecule has 7 nitrogen and oxygen atoms in total. The second-order valence-electron chi connectivity index (χ2n) is 6.13. The van der Waals surface area contributed by atoms with Crippen molar-refractivity contribution in [2.75, 3.05) is 18.0 Å². The molecule has 3 rings (SSSR count). The fraction of sp³-hybridized carbons (Fsp3) is 0.562. The minimum Gasteiger partial charge on any atom is -0.385 e. The minimum atomic E-state index is -0.510. The number of aliphatic hydroxyl groups is 1. The standard InChI is InChI=1S/C16H24N6O/c1-11-19-13(10-17)9-14(20-11)22-6-3-12(4-7-22)15(23)16-18-5-8-21(16)2/h5,8-9,12,15,23H,3-4,6-7,10,17H2,1-2H3. The lowest BCUT2D eigenvalue weighted by Crippen LogP contribution is -2.36. The summed E-state index contributed by atoms with van der Waals surface area (Å²) < 4.78 is 1.89. The van der Waals surface area contributed by atoms with Crippen LogP contribution in [0.3, 0.4) is 0 Å². The molecule has 0 aliphatic carbocycles. The summed E-state index contributed by atoms with van der Waals surface area (Å²) in [6.07, 6.45) is 4.91. The molecule has 7 heteroatoms. The van der Waals surface area contributed by atoms with Crippen LogP contribution in [0.2, 0.25) is 0 Å². The molecule has 1 aliphatic heterocycles. The largest absolute Gasteiger partial charge is 0.385 e. The molecule has 2 aromatic rings. The molecule has 1 saturated heterocycles. The number of nitrogens with two attached hydrogens (primary N) is 1. The molecule has 1 fully saturated rings. The Labute approximate surface area is 136 Å². The van der Waals surface area contributed by atoms with E-state index in [-0.39, 0.29) is 5.92 Å². The molecule has 0 radical (unpaired) electrons. The van der Waals surface area contributed by atoms with Crippen molar-refractivity contribution in [1.82, 2.24) is 19.5 Å². The average molecular weight is 316 g/mol. The number of imidazole rings is 1. The number of rotatable bonds is 4. The molecule has 0 aromatic carbocycles. The molecule has 0 bridgehead atoms. The van der Waals surface area contributed by atoms with E-state index in [0.29, 0.717) is 6.54 Å². The highest BCUT2D eigenvalue weighted by atomic mass is 16.3. The van der Waals surface area contributed by atoms with Crippen LogP contribution in [0.5, 0.6) is 0 Å². The molecular formula is C16H24N6O. The van der Waals surface area contributed by atoms with Crippen molar-refractivity contribution in [3.8, 4) is 0 Å². The molecule has 0 saturated carbocycles. The maximum absolute atomic E-state index is 10.6. The Balaban J connectivity index is 1.67. The molecule has 1 atom stereocenters. The van der Waals surface area contributed by atoms with Gasteiger partial charge >= 0.3 is 0 Å². The third-order valence-electron chi connectivity index (χ3n) is 4.52. The van der Waals surface area contributed by atoms with Gasteiger partial charge in [0.1, 0.15) is 23.6 Å². The first kappa shape index (κ1) is 15.9. The number of hydrogen-bond acceptors (Lipinski definition) is 6. The summed E-state index contributed by atoms with van der Waals surface area (Å²) in [7, 11) is 1.92. The van der Waals surface area contributed by atoms with Crippen molar-refractivity contribution in [2.45, 2.75) is 32.4 Å². The molecule has 2 aromatic heterocycles. The predicted octanol–water partition coefficient (Wildman–Crippen LogP) is 0.927. The normalized spacial score (nSPS) is 17.5. The highest BCUT2D eigenvalue weighted by molar-refractivity contribution is 5.40. The van der Waals surface area contributed by atoms with Crippen LogP contribution in [0.1, 0.15) is 36.3 Å². The van der Waals surface area contributed by atoms with Crippen LogP contribution in [0, 0.1) is 12.8 Å². The lowest BCUT2D eigenvalue weighted by Gasteiger charge is -2.34. The van der Waals surface area contributed by atoms with E-state index >= 15 is 0 Å². The Morgan fingerprint density at radius 3 is 2.70 bits per heavy atom. The van der Waals surface area contributed by atoms with Crippen LogP contribution in [-0.2, 0) is 13.6 Å². The van der Waals surface area contributed by atoms with E-state index in [9.17, 15) is 5.11 Å². The van der Waals surface area contributed by atoms with Gasteiger partial charge in [0.15, 0.2) is 0 Å². The van der Waals surface area contributed by atoms with Gasteiger partial charge in [0, 0.05) is 45.1 Å². The van der Waals surface area contributed by atoms with E-state index in [2.05, 4.69) is 19.9 Å². The van der Waals surface area contributed by atoms with Gasteiger partial charge in [-0.25, -0.2) is 15.0 Å². The maximum Gasteiger partial charge on any atom is 0.137 e. The number of hydrogen-bond donors (Lipinski definition) is 2. The van der Waals surface area contributed by atoms with Gasteiger partial charge in [0.05, 0.1) is 5.69 Å². The molecule has 1 unspecified atom stereocenters. The Kier molecular flexibility index (Phi) is 4.58. The van der Waals surface area contributed by atoms with E-state index in [1.165, 1.54) is 0 Å². The van der Waals surface area contributed by atoms with Gasteiger partial charge in [-0.3, -0.25) is 0 Å². The fourth-order valence-corrected chi connectivity index (χ4v) is 3.20. The Morgan fingerprint density at radius 2 is 2.09 bits per heavy atom. The number of nitrogens with zero attached hydrogens (tertiary/aromatic N) is 5. The van der Waals surface area contributed by atoms with Crippen molar-refractivity contribution in [3.63, 3.8) is 0 Å². The van der Waals surface area contributed by atoms with Crippen molar-refractivity contribution in [2.24, 2.45) is 18.7 Å². The quantitative estimate of drug-likeness (QED) is 0.871. The molecule has 0 amide bonds. The second kappa shape index (κ2) is 6.64. The zero-order valence-electron chi connectivity index (χ0n) is 13.7. The number of aryl methyl sites for hydroxylation is 2. The summed E-state index contributed by atoms with van der Waals surface area (Å²) in [4.78, 5) is 15.4. The van der Waals surface area contributed by atoms with Gasteiger partial charge in [0.2, 0.25) is 0 Å². The monoisotopic (exact) mass is 316 g/mol. The van der Waals surface area contributed by atoms with E-state index in [1.54, 1.807) is 6.20 Å². The molecule has 124 valence electrons. The van der Waals surface area contributed by atoms with Gasteiger partial charge in [-0.05, 0) is 25.7 Å². The van der Waals surface area contributed by atoms with Gasteiger partial charge in [-0.1, -0.05) is 0 Å². The first-order chi connectivity index (χ1) is 11.1. The summed E-state index contributed by atoms with van der Waals surface area (Å²) >= 11 is 0. The molecule has 1 aliphatic rings. The number of piperidine rings is 1. The van der Waals surface area contributed by atoms with Crippen molar-refractivity contribution >= 4 is 5.82 Å². The maximum atomic E-state index is 10.6. The van der Waals surface area contributed by atoms with Crippen molar-refractivity contribution in [3.05, 3.63) is 35.8 Å². The Hall–Kier alpha value is -1.99. The first-order valence-electron chi connectivity index (χ1n) is 8.03. The average Bonchev–Trinajstić information content (AvgIpc) is 2.99. The zero-order chi connectivity index (χ0) is 16.4. The van der Waals surface area contributed by atoms with Crippen LogP contribution in [0.15, 0.2) is 18.5 Å². The van der Waals surface area contributed by atoms with Gasteiger partial charge in [-0.2, -0.15) is 0 Å². The summed E-state index contributed by atoms with van der Waals surface area (Å²) in [6.45, 7) is 4.05. The number of anilines is 1. The molecule has 23 heavy (non-hydrogen) atoms. The summed E-state index contributed by atoms with van der Waals surface area (Å²) in [5.74, 6) is 2.65. The highest BCUT2D eigenvalue weighted by Crippen LogP contribution is 2.31. The predicted molar refractivity (Wildman–Crippen MR) is 87.8 cm³/mol. The first-order valence-corrected chi connectivity index (χ1v) is 8.03. The molecular weight excluding hydrogens is 292 g/mol. The van der Waals surface area contributed by atoms with E-state index < -0.39 is 6.10 Å². The molecule has 3 heterocycles. The number of aromatic nitrogens is 4. The molecule has 0 spiro atoms. The topological polar surface area (TPSA) is 93.1 Å². The van der Waals surface area contributed by atoms with Gasteiger partial charge in [-0.15, -0.1) is 0 Å². The molecule has 3 N–H and O–H groups in total. The number of aliphatic hydroxyl groups excluding tert-OH is 1. The summed E-state index contributed by atoms with van der Waals surface area (Å²) in [5, 5.41) is 10.6. The summed E-state index contributed by atoms with van der Waals surface area (Å²) in [5.41, 5.74) is 6.56. The fourth-order valence-electron chi connectivity index (χ4n) is 3.20. The van der Waals surface area contributed by atoms with Crippen molar-refractivity contribution in [1.29, 1.82) is 0 Å². The van der Waals surface area contributed by atoms with Crippen molar-refractivity contribution < 1.29 is 5.11 Å².